The SMILES string of the molecule is CCS(=O)(=O)N1CCC(F)(F)[C@H](C)C1. The van der Waals surface area contributed by atoms with E-state index in [2.05, 4.69) is 0 Å². The summed E-state index contributed by atoms with van der Waals surface area (Å²) < 4.78 is 50.0. The van der Waals surface area contributed by atoms with Crippen molar-refractivity contribution in [2.45, 2.75) is 26.2 Å². The Morgan fingerprint density at radius 2 is 2.07 bits per heavy atom. The van der Waals surface area contributed by atoms with Crippen molar-refractivity contribution in [1.29, 1.82) is 0 Å². The average molecular weight is 227 g/mol. The highest BCUT2D eigenvalue weighted by molar-refractivity contribution is 7.89. The fraction of sp³-hybridized carbons (Fsp3) is 1.00. The number of halogens is 2. The van der Waals surface area contributed by atoms with Gasteiger partial charge < -0.3 is 0 Å². The summed E-state index contributed by atoms with van der Waals surface area (Å²) in [7, 11) is -3.30. The van der Waals surface area contributed by atoms with Crippen LogP contribution < -0.4 is 0 Å². The van der Waals surface area contributed by atoms with Gasteiger partial charge in [-0.15, -0.1) is 0 Å². The molecule has 0 saturated carbocycles. The highest BCUT2D eigenvalue weighted by Gasteiger charge is 2.43. The number of hydrogen-bond donors (Lipinski definition) is 0. The minimum atomic E-state index is -3.30. The van der Waals surface area contributed by atoms with Gasteiger partial charge in [0, 0.05) is 25.4 Å². The molecule has 1 aliphatic heterocycles. The Balaban J connectivity index is 2.74. The molecule has 84 valence electrons. The molecule has 6 heteroatoms. The van der Waals surface area contributed by atoms with Crippen molar-refractivity contribution in [3.8, 4) is 0 Å². The summed E-state index contributed by atoms with van der Waals surface area (Å²) in [6, 6.07) is 0. The zero-order valence-electron chi connectivity index (χ0n) is 8.33. The van der Waals surface area contributed by atoms with Gasteiger partial charge in [0.1, 0.15) is 0 Å². The van der Waals surface area contributed by atoms with Crippen LogP contribution in [0, 0.1) is 5.92 Å². The van der Waals surface area contributed by atoms with Crippen LogP contribution in [0.25, 0.3) is 0 Å². The lowest BCUT2D eigenvalue weighted by Crippen LogP contribution is -2.48. The number of rotatable bonds is 2. The van der Waals surface area contributed by atoms with E-state index in [9.17, 15) is 17.2 Å². The van der Waals surface area contributed by atoms with E-state index in [1.54, 1.807) is 0 Å². The van der Waals surface area contributed by atoms with Gasteiger partial charge in [-0.2, -0.15) is 0 Å². The molecule has 0 spiro atoms. The van der Waals surface area contributed by atoms with Gasteiger partial charge in [0.15, 0.2) is 0 Å². The van der Waals surface area contributed by atoms with Gasteiger partial charge in [-0.3, -0.25) is 0 Å². The number of sulfonamides is 1. The normalized spacial score (nSPS) is 29.0. The summed E-state index contributed by atoms with van der Waals surface area (Å²) in [5.41, 5.74) is 0. The van der Waals surface area contributed by atoms with Crippen molar-refractivity contribution < 1.29 is 17.2 Å². The summed E-state index contributed by atoms with van der Waals surface area (Å²) in [4.78, 5) is 0. The zero-order chi connectivity index (χ0) is 11.0. The molecule has 0 aliphatic carbocycles. The van der Waals surface area contributed by atoms with Crippen molar-refractivity contribution in [2.75, 3.05) is 18.8 Å². The molecule has 0 aromatic rings. The number of piperidine rings is 1. The highest BCUT2D eigenvalue weighted by Crippen LogP contribution is 2.33. The maximum absolute atomic E-state index is 13.0. The van der Waals surface area contributed by atoms with Crippen LogP contribution in [-0.4, -0.2) is 37.5 Å². The molecule has 0 aromatic carbocycles. The van der Waals surface area contributed by atoms with Gasteiger partial charge in [-0.25, -0.2) is 21.5 Å². The molecule has 1 saturated heterocycles. The molecule has 0 N–H and O–H groups in total. The van der Waals surface area contributed by atoms with Crippen LogP contribution in [-0.2, 0) is 10.0 Å². The van der Waals surface area contributed by atoms with Crippen LogP contribution in [0.2, 0.25) is 0 Å². The molecule has 1 fully saturated rings. The first-order valence-corrected chi connectivity index (χ1v) is 6.26. The molecule has 14 heavy (non-hydrogen) atoms. The quantitative estimate of drug-likeness (QED) is 0.713. The minimum Gasteiger partial charge on any atom is -0.212 e. The summed E-state index contributed by atoms with van der Waals surface area (Å²) in [6.07, 6.45) is -0.368. The minimum absolute atomic E-state index is 0.0225. The third kappa shape index (κ3) is 2.23. The second kappa shape index (κ2) is 3.73. The summed E-state index contributed by atoms with van der Waals surface area (Å²) in [5.74, 6) is -3.64. The van der Waals surface area contributed by atoms with Crippen LogP contribution in [0.4, 0.5) is 8.78 Å². The predicted octanol–water partition coefficient (Wildman–Crippen LogP) is 1.31. The molecule has 0 radical (unpaired) electrons. The van der Waals surface area contributed by atoms with Gasteiger partial charge in [-0.1, -0.05) is 6.92 Å². The van der Waals surface area contributed by atoms with E-state index >= 15 is 0 Å². The molecule has 0 unspecified atom stereocenters. The van der Waals surface area contributed by atoms with Crippen molar-refractivity contribution in [3.63, 3.8) is 0 Å². The Hall–Kier alpha value is -0.230. The maximum atomic E-state index is 13.0. The Kier molecular flexibility index (Phi) is 3.16. The van der Waals surface area contributed by atoms with E-state index < -0.39 is 21.9 Å². The predicted molar refractivity (Wildman–Crippen MR) is 49.8 cm³/mol. The van der Waals surface area contributed by atoms with Crippen molar-refractivity contribution in [2.24, 2.45) is 5.92 Å². The van der Waals surface area contributed by atoms with E-state index in [4.69, 9.17) is 0 Å². The number of alkyl halides is 2. The first-order chi connectivity index (χ1) is 6.29. The van der Waals surface area contributed by atoms with E-state index in [0.717, 1.165) is 4.31 Å². The molecule has 1 rings (SSSR count). The highest BCUT2D eigenvalue weighted by atomic mass is 32.2. The largest absolute Gasteiger partial charge is 0.253 e. The molecule has 0 amide bonds. The van der Waals surface area contributed by atoms with E-state index in [0.29, 0.717) is 0 Å². The van der Waals surface area contributed by atoms with Crippen molar-refractivity contribution in [3.05, 3.63) is 0 Å². The van der Waals surface area contributed by atoms with E-state index in [1.165, 1.54) is 13.8 Å². The van der Waals surface area contributed by atoms with E-state index in [-0.39, 0.29) is 25.3 Å². The maximum Gasteiger partial charge on any atom is 0.253 e. The topological polar surface area (TPSA) is 37.4 Å². The van der Waals surface area contributed by atoms with Crippen LogP contribution in [0.5, 0.6) is 0 Å². The second-order valence-corrected chi connectivity index (χ2v) is 5.93. The number of hydrogen-bond acceptors (Lipinski definition) is 2. The molecule has 1 heterocycles. The van der Waals surface area contributed by atoms with Gasteiger partial charge in [0.25, 0.3) is 5.92 Å². The molecule has 0 bridgehead atoms. The Morgan fingerprint density at radius 3 is 2.50 bits per heavy atom. The third-order valence-electron chi connectivity index (χ3n) is 2.65. The lowest BCUT2D eigenvalue weighted by Gasteiger charge is -2.35. The molecule has 3 nitrogen and oxygen atoms in total. The zero-order valence-corrected chi connectivity index (χ0v) is 9.15. The van der Waals surface area contributed by atoms with E-state index in [1.807, 2.05) is 0 Å². The monoisotopic (exact) mass is 227 g/mol. The summed E-state index contributed by atoms with van der Waals surface area (Å²) in [5, 5.41) is 0. The fourth-order valence-corrected chi connectivity index (χ4v) is 2.67. The van der Waals surface area contributed by atoms with Gasteiger partial charge in [0.2, 0.25) is 10.0 Å². The first kappa shape index (κ1) is 11.8. The molecular weight excluding hydrogens is 212 g/mol. The Morgan fingerprint density at radius 1 is 1.50 bits per heavy atom. The molecule has 0 aromatic heterocycles. The summed E-state index contributed by atoms with van der Waals surface area (Å²) >= 11 is 0. The Labute approximate surface area is 83.1 Å². The van der Waals surface area contributed by atoms with Crippen molar-refractivity contribution in [1.82, 2.24) is 4.31 Å². The van der Waals surface area contributed by atoms with Crippen LogP contribution >= 0.6 is 0 Å². The molecular formula is C8H15F2NO2S. The summed E-state index contributed by atoms with van der Waals surface area (Å²) in [6.45, 7) is 2.78. The standard InChI is InChI=1S/C8H15F2NO2S/c1-3-14(12,13)11-5-4-8(9,10)7(2)6-11/h7H,3-6H2,1-2H3/t7-/m1/s1. The molecule has 1 atom stereocenters. The smallest absolute Gasteiger partial charge is 0.212 e. The second-order valence-electron chi connectivity index (χ2n) is 3.67. The van der Waals surface area contributed by atoms with Gasteiger partial charge in [0.05, 0.1) is 5.75 Å². The number of nitrogens with zero attached hydrogens (tertiary/aromatic N) is 1. The van der Waals surface area contributed by atoms with Crippen LogP contribution in [0.1, 0.15) is 20.3 Å². The molecule has 1 aliphatic rings. The lowest BCUT2D eigenvalue weighted by molar-refractivity contribution is -0.0853. The van der Waals surface area contributed by atoms with Gasteiger partial charge >= 0.3 is 0 Å². The Bertz CT molecular complexity index is 302. The lowest BCUT2D eigenvalue weighted by atomic mass is 9.97. The van der Waals surface area contributed by atoms with Crippen LogP contribution in [0.3, 0.4) is 0 Å². The van der Waals surface area contributed by atoms with Crippen LogP contribution in [0.15, 0.2) is 0 Å². The third-order valence-corrected chi connectivity index (χ3v) is 4.50. The van der Waals surface area contributed by atoms with Crippen molar-refractivity contribution >= 4 is 10.0 Å². The van der Waals surface area contributed by atoms with Gasteiger partial charge in [-0.05, 0) is 6.92 Å². The average Bonchev–Trinajstić information content (AvgIpc) is 2.09. The fourth-order valence-electron chi connectivity index (χ4n) is 1.49. The first-order valence-electron chi connectivity index (χ1n) is 4.65.